The highest BCUT2D eigenvalue weighted by molar-refractivity contribution is 9.10. The first kappa shape index (κ1) is 8.02. The van der Waals surface area contributed by atoms with Gasteiger partial charge in [0.05, 0.1) is 6.20 Å². The summed E-state index contributed by atoms with van der Waals surface area (Å²) < 4.78 is 5.72. The number of ether oxygens (including phenoxy) is 1. The van der Waals surface area contributed by atoms with Gasteiger partial charge in [-0.3, -0.25) is 0 Å². The standard InChI is InChI=1S/C7H5BrN2O/c8-7-2-1-6(5-10-7)11-4-3-9/h1-2,5H,4H2. The van der Waals surface area contributed by atoms with E-state index < -0.39 is 0 Å². The summed E-state index contributed by atoms with van der Waals surface area (Å²) in [6.45, 7) is 0.0588. The molecule has 4 heteroatoms. The Labute approximate surface area is 72.8 Å². The number of aromatic nitrogens is 1. The monoisotopic (exact) mass is 212 g/mol. The molecule has 1 aromatic heterocycles. The average Bonchev–Trinajstić information content (AvgIpc) is 2.04. The minimum Gasteiger partial charge on any atom is -0.477 e. The first-order chi connectivity index (χ1) is 5.33. The first-order valence-corrected chi connectivity index (χ1v) is 3.73. The molecule has 1 aromatic rings. The Bertz CT molecular complexity index is 265. The molecule has 0 bridgehead atoms. The molecule has 0 aliphatic carbocycles. The van der Waals surface area contributed by atoms with Gasteiger partial charge in [-0.1, -0.05) is 0 Å². The lowest BCUT2D eigenvalue weighted by Gasteiger charge is -1.98. The third-order valence-corrected chi connectivity index (χ3v) is 1.47. The summed E-state index contributed by atoms with van der Waals surface area (Å²) in [7, 11) is 0. The van der Waals surface area contributed by atoms with Crippen molar-refractivity contribution in [3.63, 3.8) is 0 Å². The van der Waals surface area contributed by atoms with Gasteiger partial charge < -0.3 is 4.74 Å². The lowest BCUT2D eigenvalue weighted by Crippen LogP contribution is -1.93. The molecule has 0 N–H and O–H groups in total. The van der Waals surface area contributed by atoms with Crippen LogP contribution < -0.4 is 4.74 Å². The van der Waals surface area contributed by atoms with E-state index in [9.17, 15) is 0 Å². The number of halogens is 1. The zero-order valence-electron chi connectivity index (χ0n) is 5.62. The normalized spacial score (nSPS) is 8.73. The van der Waals surface area contributed by atoms with E-state index in [2.05, 4.69) is 20.9 Å². The Morgan fingerprint density at radius 3 is 3.00 bits per heavy atom. The molecule has 11 heavy (non-hydrogen) atoms. The van der Waals surface area contributed by atoms with E-state index in [0.29, 0.717) is 5.75 Å². The van der Waals surface area contributed by atoms with Crippen LogP contribution in [0.3, 0.4) is 0 Å². The van der Waals surface area contributed by atoms with E-state index in [0.717, 1.165) is 4.60 Å². The zero-order valence-corrected chi connectivity index (χ0v) is 7.21. The Hall–Kier alpha value is -1.08. The lowest BCUT2D eigenvalue weighted by molar-refractivity contribution is 0.366. The fourth-order valence-corrected chi connectivity index (χ4v) is 0.798. The van der Waals surface area contributed by atoms with Crippen molar-refractivity contribution < 1.29 is 4.74 Å². The van der Waals surface area contributed by atoms with E-state index in [4.69, 9.17) is 10.00 Å². The third kappa shape index (κ3) is 2.56. The second-order valence-corrected chi connectivity index (χ2v) is 2.58. The SMILES string of the molecule is N#CCOc1ccc(Br)nc1. The Balaban J connectivity index is 2.60. The summed E-state index contributed by atoms with van der Waals surface area (Å²) >= 11 is 3.18. The van der Waals surface area contributed by atoms with Gasteiger partial charge >= 0.3 is 0 Å². The van der Waals surface area contributed by atoms with Crippen LogP contribution in [0, 0.1) is 11.3 Å². The molecule has 0 aromatic carbocycles. The van der Waals surface area contributed by atoms with Crippen molar-refractivity contribution in [2.24, 2.45) is 0 Å². The van der Waals surface area contributed by atoms with Crippen LogP contribution in [0.1, 0.15) is 0 Å². The van der Waals surface area contributed by atoms with Gasteiger partial charge in [0.15, 0.2) is 6.61 Å². The predicted molar refractivity (Wildman–Crippen MR) is 43.0 cm³/mol. The maximum absolute atomic E-state index is 8.18. The first-order valence-electron chi connectivity index (χ1n) is 2.94. The quantitative estimate of drug-likeness (QED) is 0.703. The molecule has 1 heterocycles. The summed E-state index contributed by atoms with van der Waals surface area (Å²) in [5.74, 6) is 0.606. The second-order valence-electron chi connectivity index (χ2n) is 1.76. The molecule has 0 saturated carbocycles. The molecule has 3 nitrogen and oxygen atoms in total. The van der Waals surface area contributed by atoms with Crippen LogP contribution in [-0.2, 0) is 0 Å². The number of pyridine rings is 1. The maximum Gasteiger partial charge on any atom is 0.174 e. The van der Waals surface area contributed by atoms with Crippen molar-refractivity contribution in [2.75, 3.05) is 6.61 Å². The number of hydrogen-bond donors (Lipinski definition) is 0. The van der Waals surface area contributed by atoms with Crippen LogP contribution in [-0.4, -0.2) is 11.6 Å². The number of nitriles is 1. The second kappa shape index (κ2) is 3.94. The van der Waals surface area contributed by atoms with E-state index in [-0.39, 0.29) is 6.61 Å². The predicted octanol–water partition coefficient (Wildman–Crippen LogP) is 1.75. The molecular formula is C7H5BrN2O. The van der Waals surface area contributed by atoms with E-state index in [1.807, 2.05) is 6.07 Å². The summed E-state index contributed by atoms with van der Waals surface area (Å²) in [6, 6.07) is 5.37. The van der Waals surface area contributed by atoms with Gasteiger partial charge in [0.1, 0.15) is 16.4 Å². The van der Waals surface area contributed by atoms with Gasteiger partial charge in [0.2, 0.25) is 0 Å². The molecule has 0 amide bonds. The summed E-state index contributed by atoms with van der Waals surface area (Å²) in [4.78, 5) is 3.91. The number of rotatable bonds is 2. The number of hydrogen-bond acceptors (Lipinski definition) is 3. The van der Waals surface area contributed by atoms with Crippen LogP contribution >= 0.6 is 15.9 Å². The highest BCUT2D eigenvalue weighted by Gasteiger charge is 1.91. The van der Waals surface area contributed by atoms with E-state index in [1.165, 1.54) is 0 Å². The highest BCUT2D eigenvalue weighted by atomic mass is 79.9. The van der Waals surface area contributed by atoms with E-state index in [1.54, 1.807) is 18.3 Å². The van der Waals surface area contributed by atoms with Gasteiger partial charge in [-0.15, -0.1) is 0 Å². The van der Waals surface area contributed by atoms with Gasteiger partial charge in [-0.25, -0.2) is 4.98 Å². The van der Waals surface area contributed by atoms with Gasteiger partial charge in [-0.2, -0.15) is 5.26 Å². The van der Waals surface area contributed by atoms with Crippen molar-refractivity contribution in [2.45, 2.75) is 0 Å². The van der Waals surface area contributed by atoms with Crippen molar-refractivity contribution in [1.82, 2.24) is 4.98 Å². The molecule has 0 unspecified atom stereocenters. The fourth-order valence-electron chi connectivity index (χ4n) is 0.563. The molecule has 0 fully saturated rings. The molecule has 0 aliphatic heterocycles. The topological polar surface area (TPSA) is 45.9 Å². The highest BCUT2D eigenvalue weighted by Crippen LogP contribution is 2.11. The summed E-state index contributed by atoms with van der Waals surface area (Å²) in [5.41, 5.74) is 0. The fraction of sp³-hybridized carbons (Fsp3) is 0.143. The van der Waals surface area contributed by atoms with Gasteiger partial charge in [0, 0.05) is 0 Å². The van der Waals surface area contributed by atoms with Gasteiger partial charge in [-0.05, 0) is 28.1 Å². The summed E-state index contributed by atoms with van der Waals surface area (Å²) in [6.07, 6.45) is 1.56. The van der Waals surface area contributed by atoms with Gasteiger partial charge in [0.25, 0.3) is 0 Å². The Morgan fingerprint density at radius 2 is 2.45 bits per heavy atom. The minimum absolute atomic E-state index is 0.0588. The molecule has 0 spiro atoms. The Morgan fingerprint density at radius 1 is 1.64 bits per heavy atom. The average molecular weight is 213 g/mol. The van der Waals surface area contributed by atoms with Crippen molar-refractivity contribution >= 4 is 15.9 Å². The lowest BCUT2D eigenvalue weighted by atomic mass is 10.5. The number of nitrogens with zero attached hydrogens (tertiary/aromatic N) is 2. The van der Waals surface area contributed by atoms with Crippen LogP contribution in [0.2, 0.25) is 0 Å². The smallest absolute Gasteiger partial charge is 0.174 e. The molecule has 56 valence electrons. The van der Waals surface area contributed by atoms with E-state index >= 15 is 0 Å². The molecule has 0 atom stereocenters. The largest absolute Gasteiger partial charge is 0.477 e. The van der Waals surface area contributed by atoms with Crippen molar-refractivity contribution in [3.8, 4) is 11.8 Å². The van der Waals surface area contributed by atoms with Crippen molar-refractivity contribution in [1.29, 1.82) is 5.26 Å². The van der Waals surface area contributed by atoms with Crippen LogP contribution in [0.15, 0.2) is 22.9 Å². The molecule has 1 rings (SSSR count). The summed E-state index contributed by atoms with van der Waals surface area (Å²) in [5, 5.41) is 8.18. The molecular weight excluding hydrogens is 208 g/mol. The maximum atomic E-state index is 8.18. The zero-order chi connectivity index (χ0) is 8.10. The molecule has 0 aliphatic rings. The molecule has 0 radical (unpaired) electrons. The van der Waals surface area contributed by atoms with Crippen LogP contribution in [0.25, 0.3) is 0 Å². The minimum atomic E-state index is 0.0588. The molecule has 0 saturated heterocycles. The van der Waals surface area contributed by atoms with Crippen LogP contribution in [0.4, 0.5) is 0 Å². The third-order valence-electron chi connectivity index (χ3n) is 1.00. The Kier molecular flexibility index (Phi) is 2.87. The van der Waals surface area contributed by atoms with Crippen LogP contribution in [0.5, 0.6) is 5.75 Å². The van der Waals surface area contributed by atoms with Crippen molar-refractivity contribution in [3.05, 3.63) is 22.9 Å².